The topological polar surface area (TPSA) is 52.6 Å². The van der Waals surface area contributed by atoms with Gasteiger partial charge in [-0.2, -0.15) is 0 Å². The van der Waals surface area contributed by atoms with Gasteiger partial charge in [-0.1, -0.05) is 219 Å². The highest BCUT2D eigenvalue weighted by molar-refractivity contribution is 5.82. The Balaban J connectivity index is 3.36. The number of rotatable bonds is 39. The van der Waals surface area contributed by atoms with Crippen LogP contribution >= 0.6 is 0 Å². The maximum absolute atomic E-state index is 11.8. The Bertz CT molecular complexity index is 653. The summed E-state index contributed by atoms with van der Waals surface area (Å²) < 4.78 is 10.3. The maximum Gasteiger partial charge on any atom is 0.330 e. The number of esters is 2. The van der Waals surface area contributed by atoms with Crippen molar-refractivity contribution in [1.82, 2.24) is 0 Å². The second-order valence-corrected chi connectivity index (χ2v) is 14.3. The molecule has 0 unspecified atom stereocenters. The first-order valence-corrected chi connectivity index (χ1v) is 21.4. The van der Waals surface area contributed by atoms with Gasteiger partial charge in [0, 0.05) is 12.2 Å². The summed E-state index contributed by atoms with van der Waals surface area (Å²) in [5.74, 6) is -0.719. The van der Waals surface area contributed by atoms with E-state index in [1.165, 1.54) is 205 Å². The van der Waals surface area contributed by atoms with Crippen molar-refractivity contribution in [3.8, 4) is 0 Å². The van der Waals surface area contributed by atoms with Gasteiger partial charge in [0.15, 0.2) is 0 Å². The zero-order valence-corrected chi connectivity index (χ0v) is 32.4. The lowest BCUT2D eigenvalue weighted by Crippen LogP contribution is -2.11. The van der Waals surface area contributed by atoms with Gasteiger partial charge in [0.1, 0.15) is 13.2 Å². The Kier molecular flexibility index (Phi) is 40.2. The predicted molar refractivity (Wildman–Crippen MR) is 209 cm³/mol. The van der Waals surface area contributed by atoms with Crippen LogP contribution in [0.25, 0.3) is 0 Å². The molecule has 0 radical (unpaired) electrons. The number of carbonyl (C=O) groups excluding carboxylic acids is 2. The van der Waals surface area contributed by atoms with Crippen molar-refractivity contribution in [1.29, 1.82) is 0 Å². The SMILES string of the molecule is CCCCCCCCCCCCCCCCCC/C=C/C(=O)OCCOC(=O)/C=C/CCCCCCCCCCCCCCCCCC. The number of allylic oxidation sites excluding steroid dienone is 2. The minimum Gasteiger partial charge on any atom is -0.459 e. The first kappa shape index (κ1) is 46.4. The van der Waals surface area contributed by atoms with Crippen molar-refractivity contribution < 1.29 is 19.1 Å². The van der Waals surface area contributed by atoms with E-state index in [9.17, 15) is 9.59 Å². The third-order valence-electron chi connectivity index (χ3n) is 9.53. The lowest BCUT2D eigenvalue weighted by molar-refractivity contribution is -0.146. The third kappa shape index (κ3) is 40.6. The van der Waals surface area contributed by atoms with Gasteiger partial charge in [-0.3, -0.25) is 0 Å². The van der Waals surface area contributed by atoms with Crippen LogP contribution in [0.3, 0.4) is 0 Å². The molecule has 0 aliphatic carbocycles. The molecule has 0 fully saturated rings. The van der Waals surface area contributed by atoms with Gasteiger partial charge in [0.05, 0.1) is 0 Å². The summed E-state index contributed by atoms with van der Waals surface area (Å²) in [7, 11) is 0. The number of ether oxygens (including phenoxy) is 2. The van der Waals surface area contributed by atoms with E-state index in [2.05, 4.69) is 13.8 Å². The average molecular weight is 675 g/mol. The first-order valence-electron chi connectivity index (χ1n) is 21.4. The highest BCUT2D eigenvalue weighted by Crippen LogP contribution is 2.15. The Morgan fingerprint density at radius 2 is 0.542 bits per heavy atom. The number of hydrogen-bond donors (Lipinski definition) is 0. The van der Waals surface area contributed by atoms with Crippen molar-refractivity contribution >= 4 is 11.9 Å². The summed E-state index contributed by atoms with van der Waals surface area (Å²) in [5, 5.41) is 0. The molecule has 0 bridgehead atoms. The van der Waals surface area contributed by atoms with E-state index in [0.717, 1.165) is 25.7 Å². The molecule has 0 N–H and O–H groups in total. The Hall–Kier alpha value is -1.58. The summed E-state index contributed by atoms with van der Waals surface area (Å²) in [6.07, 6.45) is 52.3. The van der Waals surface area contributed by atoms with Gasteiger partial charge >= 0.3 is 11.9 Å². The van der Waals surface area contributed by atoms with Gasteiger partial charge < -0.3 is 9.47 Å². The Morgan fingerprint density at radius 1 is 0.333 bits per heavy atom. The van der Waals surface area contributed by atoms with Crippen LogP contribution in [0.1, 0.15) is 232 Å². The fraction of sp³-hybridized carbons (Fsp3) is 0.864. The smallest absolute Gasteiger partial charge is 0.330 e. The average Bonchev–Trinajstić information content (AvgIpc) is 3.09. The van der Waals surface area contributed by atoms with Gasteiger partial charge in [0.2, 0.25) is 0 Å². The summed E-state index contributed by atoms with van der Waals surface area (Å²) in [6.45, 7) is 4.76. The molecular weight excluding hydrogens is 592 g/mol. The van der Waals surface area contributed by atoms with Crippen LogP contribution < -0.4 is 0 Å². The van der Waals surface area contributed by atoms with Crippen molar-refractivity contribution in [2.24, 2.45) is 0 Å². The van der Waals surface area contributed by atoms with Crippen molar-refractivity contribution in [3.05, 3.63) is 24.3 Å². The molecule has 0 saturated heterocycles. The molecule has 0 aliphatic heterocycles. The zero-order chi connectivity index (χ0) is 34.9. The highest BCUT2D eigenvalue weighted by Gasteiger charge is 2.01. The number of unbranched alkanes of at least 4 members (excludes halogenated alkanes) is 32. The lowest BCUT2D eigenvalue weighted by Gasteiger charge is -2.04. The van der Waals surface area contributed by atoms with E-state index >= 15 is 0 Å². The molecule has 0 aromatic heterocycles. The first-order chi connectivity index (χ1) is 23.7. The van der Waals surface area contributed by atoms with Crippen LogP contribution in [0.2, 0.25) is 0 Å². The van der Waals surface area contributed by atoms with Crippen LogP contribution in [0, 0.1) is 0 Å². The van der Waals surface area contributed by atoms with Crippen LogP contribution in [0.15, 0.2) is 24.3 Å². The van der Waals surface area contributed by atoms with E-state index in [1.807, 2.05) is 12.2 Å². The van der Waals surface area contributed by atoms with Crippen molar-refractivity contribution in [2.45, 2.75) is 232 Å². The Labute approximate surface area is 300 Å². The minimum atomic E-state index is -0.360. The summed E-state index contributed by atoms with van der Waals surface area (Å²) in [5.41, 5.74) is 0. The number of carbonyl (C=O) groups is 2. The van der Waals surface area contributed by atoms with Crippen LogP contribution in [0.5, 0.6) is 0 Å². The third-order valence-corrected chi connectivity index (χ3v) is 9.53. The van der Waals surface area contributed by atoms with Crippen LogP contribution in [-0.4, -0.2) is 25.2 Å². The van der Waals surface area contributed by atoms with Crippen LogP contribution in [0.4, 0.5) is 0 Å². The van der Waals surface area contributed by atoms with E-state index in [0.29, 0.717) is 0 Å². The van der Waals surface area contributed by atoms with E-state index < -0.39 is 0 Å². The molecule has 0 heterocycles. The fourth-order valence-corrected chi connectivity index (χ4v) is 6.36. The van der Waals surface area contributed by atoms with Crippen molar-refractivity contribution in [3.63, 3.8) is 0 Å². The molecule has 0 aromatic carbocycles. The molecule has 4 nitrogen and oxygen atoms in total. The quantitative estimate of drug-likeness (QED) is 0.0370. The summed E-state index contributed by atoms with van der Waals surface area (Å²) in [6, 6.07) is 0. The Morgan fingerprint density at radius 3 is 0.771 bits per heavy atom. The van der Waals surface area contributed by atoms with E-state index in [-0.39, 0.29) is 25.2 Å². The molecule has 0 aliphatic rings. The van der Waals surface area contributed by atoms with Crippen LogP contribution in [-0.2, 0) is 19.1 Å². The van der Waals surface area contributed by atoms with Crippen molar-refractivity contribution in [2.75, 3.05) is 13.2 Å². The van der Waals surface area contributed by atoms with E-state index in [1.54, 1.807) is 0 Å². The molecule has 48 heavy (non-hydrogen) atoms. The summed E-state index contributed by atoms with van der Waals surface area (Å²) in [4.78, 5) is 23.7. The standard InChI is InChI=1S/C44H82O4/c1-3-5-7-9-11-13-15-17-19-21-23-25-27-29-31-33-35-37-39-43(45)47-41-42-48-44(46)40-38-36-34-32-30-28-26-24-22-20-18-16-14-12-10-8-6-4-2/h37-40H,3-36,41-42H2,1-2H3/b39-37+,40-38+. The number of hydrogen-bond acceptors (Lipinski definition) is 4. The fourth-order valence-electron chi connectivity index (χ4n) is 6.36. The monoisotopic (exact) mass is 675 g/mol. The minimum absolute atomic E-state index is 0.0981. The second kappa shape index (κ2) is 41.6. The molecule has 0 aromatic rings. The van der Waals surface area contributed by atoms with Gasteiger partial charge in [-0.05, 0) is 25.7 Å². The van der Waals surface area contributed by atoms with E-state index in [4.69, 9.17) is 9.47 Å². The predicted octanol–water partition coefficient (Wildman–Crippen LogP) is 14.5. The normalized spacial score (nSPS) is 11.6. The molecular formula is C44H82O4. The molecule has 0 atom stereocenters. The largest absolute Gasteiger partial charge is 0.459 e. The maximum atomic E-state index is 11.8. The van der Waals surface area contributed by atoms with Gasteiger partial charge in [-0.15, -0.1) is 0 Å². The lowest BCUT2D eigenvalue weighted by atomic mass is 10.0. The molecule has 0 spiro atoms. The zero-order valence-electron chi connectivity index (χ0n) is 32.4. The van der Waals surface area contributed by atoms with Gasteiger partial charge in [-0.25, -0.2) is 9.59 Å². The molecule has 282 valence electrons. The molecule has 4 heteroatoms. The highest BCUT2D eigenvalue weighted by atomic mass is 16.6. The van der Waals surface area contributed by atoms with Gasteiger partial charge in [0.25, 0.3) is 0 Å². The summed E-state index contributed by atoms with van der Waals surface area (Å²) >= 11 is 0. The molecule has 0 rings (SSSR count). The second-order valence-electron chi connectivity index (χ2n) is 14.3. The molecule has 0 saturated carbocycles. The molecule has 0 amide bonds.